The number of carbonyl (C=O) groups is 5. The molecule has 0 spiro atoms. The zero-order valence-electron chi connectivity index (χ0n) is 22.2. The Morgan fingerprint density at radius 2 is 1.39 bits per heavy atom. The van der Waals surface area contributed by atoms with Crippen LogP contribution >= 0.6 is 23.5 Å². The molecular weight excluding hydrogens is 560 g/mol. The number of rotatable bonds is 11. The van der Waals surface area contributed by atoms with Gasteiger partial charge < -0.3 is 15.3 Å². The second-order valence-electron chi connectivity index (χ2n) is 9.50. The van der Waals surface area contributed by atoms with E-state index in [1.54, 1.807) is 84.9 Å². The van der Waals surface area contributed by atoms with Crippen LogP contribution in [0.1, 0.15) is 39.1 Å². The number of hydrogen-bond donors (Lipinski definition) is 2. The maximum absolute atomic E-state index is 13.8. The molecule has 0 aromatic heterocycles. The molecule has 41 heavy (non-hydrogen) atoms. The summed E-state index contributed by atoms with van der Waals surface area (Å²) in [5.41, 5.74) is 1.67. The fourth-order valence-electron chi connectivity index (χ4n) is 4.54. The quantitative estimate of drug-likeness (QED) is 0.339. The lowest BCUT2D eigenvalue weighted by atomic mass is 10.1. The van der Waals surface area contributed by atoms with Gasteiger partial charge in [0, 0.05) is 29.8 Å². The second-order valence-corrected chi connectivity index (χ2v) is 11.7. The van der Waals surface area contributed by atoms with Crippen molar-refractivity contribution in [2.45, 2.75) is 36.6 Å². The van der Waals surface area contributed by atoms with Crippen LogP contribution in [-0.2, 0) is 20.8 Å². The summed E-state index contributed by atoms with van der Waals surface area (Å²) < 4.78 is 0. The molecule has 3 aromatic carbocycles. The van der Waals surface area contributed by atoms with Crippen molar-refractivity contribution < 1.29 is 29.1 Å². The van der Waals surface area contributed by atoms with Crippen molar-refractivity contribution in [2.75, 3.05) is 12.3 Å². The molecular formula is C31H30N2O6S2. The summed E-state index contributed by atoms with van der Waals surface area (Å²) >= 11 is 1.78. The third-order valence-electron chi connectivity index (χ3n) is 6.65. The number of hydrogen-bond acceptors (Lipinski definition) is 7. The minimum Gasteiger partial charge on any atom is -0.480 e. The molecule has 2 amide bonds. The standard InChI is InChI=1S/C31H30N2O6S2/c34-27(32-24(29(36)37)19-21-11-4-1-5-12-21)25-17-10-18-33(25)28(35)26(41-31(39)23-15-8-3-9-16-23)20-40-30(38)22-13-6-2-7-14-22/h1-9,11-16,24-26H,10,17-20H2,(H,32,34)(H,36,37)/t24?,25?,26-/m1/s1. The molecule has 0 saturated carbocycles. The highest BCUT2D eigenvalue weighted by molar-refractivity contribution is 8.18. The largest absolute Gasteiger partial charge is 0.480 e. The molecule has 1 saturated heterocycles. The number of carbonyl (C=O) groups excluding carboxylic acids is 4. The van der Waals surface area contributed by atoms with Gasteiger partial charge >= 0.3 is 5.97 Å². The van der Waals surface area contributed by atoms with Crippen LogP contribution in [0.3, 0.4) is 0 Å². The molecule has 1 aliphatic heterocycles. The Morgan fingerprint density at radius 1 is 0.829 bits per heavy atom. The Labute approximate surface area is 246 Å². The SMILES string of the molecule is O=C(SC[C@@H](SC(=O)c1ccccc1)C(=O)N1CCCC1C(=O)NC(Cc1ccccc1)C(=O)O)c1ccccc1. The van der Waals surface area contributed by atoms with Crippen molar-refractivity contribution >= 4 is 51.5 Å². The predicted molar refractivity (Wildman–Crippen MR) is 160 cm³/mol. The number of carboxylic acid groups (broad SMARTS) is 1. The number of nitrogens with one attached hydrogen (secondary N) is 1. The van der Waals surface area contributed by atoms with E-state index in [1.165, 1.54) is 4.90 Å². The van der Waals surface area contributed by atoms with Gasteiger partial charge in [-0.1, -0.05) is 115 Å². The van der Waals surface area contributed by atoms with Crippen LogP contribution in [0, 0.1) is 0 Å². The van der Waals surface area contributed by atoms with E-state index in [2.05, 4.69) is 5.32 Å². The zero-order chi connectivity index (χ0) is 29.2. The van der Waals surface area contributed by atoms with Crippen molar-refractivity contribution in [3.05, 3.63) is 108 Å². The lowest BCUT2D eigenvalue weighted by Crippen LogP contribution is -2.53. The van der Waals surface area contributed by atoms with Gasteiger partial charge in [-0.2, -0.15) is 0 Å². The van der Waals surface area contributed by atoms with Crippen molar-refractivity contribution in [2.24, 2.45) is 0 Å². The summed E-state index contributed by atoms with van der Waals surface area (Å²) in [7, 11) is 0. The fraction of sp³-hybridized carbons (Fsp3) is 0.258. The Hall–Kier alpha value is -3.89. The average molecular weight is 591 g/mol. The van der Waals surface area contributed by atoms with E-state index in [1.807, 2.05) is 6.07 Å². The zero-order valence-corrected chi connectivity index (χ0v) is 23.8. The molecule has 10 heteroatoms. The van der Waals surface area contributed by atoms with Gasteiger partial charge in [0.1, 0.15) is 17.3 Å². The van der Waals surface area contributed by atoms with Crippen molar-refractivity contribution in [1.82, 2.24) is 10.2 Å². The average Bonchev–Trinajstić information content (AvgIpc) is 3.50. The smallest absolute Gasteiger partial charge is 0.326 e. The highest BCUT2D eigenvalue weighted by atomic mass is 32.2. The Bertz CT molecular complexity index is 1370. The number of thioether (sulfide) groups is 2. The maximum atomic E-state index is 13.8. The number of carboxylic acids is 1. The monoisotopic (exact) mass is 590 g/mol. The van der Waals surface area contributed by atoms with Crippen LogP contribution in [0.25, 0.3) is 0 Å². The first kappa shape index (κ1) is 30.1. The van der Waals surface area contributed by atoms with E-state index in [0.717, 1.165) is 29.1 Å². The molecule has 2 N–H and O–H groups in total. The minimum atomic E-state index is -1.17. The van der Waals surface area contributed by atoms with Crippen molar-refractivity contribution in [3.8, 4) is 0 Å². The lowest BCUT2D eigenvalue weighted by Gasteiger charge is -2.28. The topological polar surface area (TPSA) is 121 Å². The van der Waals surface area contributed by atoms with Gasteiger partial charge in [0.15, 0.2) is 0 Å². The minimum absolute atomic E-state index is 0.0341. The summed E-state index contributed by atoms with van der Waals surface area (Å²) in [5.74, 6) is -2.12. The molecule has 0 aliphatic carbocycles. The second kappa shape index (κ2) is 14.7. The van der Waals surface area contributed by atoms with Crippen LogP contribution in [0.4, 0.5) is 0 Å². The van der Waals surface area contributed by atoms with E-state index in [0.29, 0.717) is 30.5 Å². The van der Waals surface area contributed by atoms with Crippen LogP contribution in [0.2, 0.25) is 0 Å². The van der Waals surface area contributed by atoms with E-state index in [9.17, 15) is 29.1 Å². The Balaban J connectivity index is 1.48. The van der Waals surface area contributed by atoms with Crippen molar-refractivity contribution in [1.29, 1.82) is 0 Å². The predicted octanol–water partition coefficient (Wildman–Crippen LogP) is 4.31. The van der Waals surface area contributed by atoms with Crippen LogP contribution in [-0.4, -0.2) is 67.7 Å². The summed E-state index contributed by atoms with van der Waals surface area (Å²) in [6.07, 6.45) is 1.03. The first-order valence-corrected chi connectivity index (χ1v) is 15.1. The highest BCUT2D eigenvalue weighted by Gasteiger charge is 2.39. The van der Waals surface area contributed by atoms with Gasteiger partial charge in [-0.05, 0) is 18.4 Å². The Kier molecular flexibility index (Phi) is 10.8. The number of aliphatic carboxylic acids is 1. The summed E-state index contributed by atoms with van der Waals surface area (Å²) in [6, 6.07) is 24.2. The van der Waals surface area contributed by atoms with Gasteiger partial charge in [0.2, 0.25) is 22.0 Å². The normalized spacial score (nSPS) is 16.0. The van der Waals surface area contributed by atoms with Gasteiger partial charge in [-0.15, -0.1) is 0 Å². The van der Waals surface area contributed by atoms with E-state index < -0.39 is 35.1 Å². The molecule has 8 nitrogen and oxygen atoms in total. The van der Waals surface area contributed by atoms with Crippen LogP contribution < -0.4 is 5.32 Å². The summed E-state index contributed by atoms with van der Waals surface area (Å²) in [5, 5.41) is 10.9. The molecule has 3 aromatic rings. The molecule has 2 unspecified atom stereocenters. The van der Waals surface area contributed by atoms with E-state index >= 15 is 0 Å². The molecule has 3 atom stereocenters. The van der Waals surface area contributed by atoms with Crippen LogP contribution in [0.5, 0.6) is 0 Å². The third-order valence-corrected chi connectivity index (χ3v) is 8.96. The Morgan fingerprint density at radius 3 is 1.98 bits per heavy atom. The molecule has 0 bridgehead atoms. The number of nitrogens with zero attached hydrogens (tertiary/aromatic N) is 1. The first-order chi connectivity index (χ1) is 19.8. The molecule has 1 fully saturated rings. The molecule has 4 rings (SSSR count). The van der Waals surface area contributed by atoms with Crippen LogP contribution in [0.15, 0.2) is 91.0 Å². The third kappa shape index (κ3) is 8.31. The number of likely N-dealkylation sites (tertiary alicyclic amines) is 1. The summed E-state index contributed by atoms with van der Waals surface area (Å²) in [4.78, 5) is 66.3. The van der Waals surface area contributed by atoms with Gasteiger partial charge in [-0.25, -0.2) is 4.79 Å². The van der Waals surface area contributed by atoms with Gasteiger partial charge in [-0.3, -0.25) is 19.2 Å². The molecule has 1 heterocycles. The van der Waals surface area contributed by atoms with E-state index in [4.69, 9.17) is 0 Å². The first-order valence-electron chi connectivity index (χ1n) is 13.2. The highest BCUT2D eigenvalue weighted by Crippen LogP contribution is 2.28. The van der Waals surface area contributed by atoms with Crippen molar-refractivity contribution in [3.63, 3.8) is 0 Å². The molecule has 1 aliphatic rings. The van der Waals surface area contributed by atoms with Gasteiger partial charge in [0.05, 0.1) is 0 Å². The molecule has 0 radical (unpaired) electrons. The number of benzene rings is 3. The van der Waals surface area contributed by atoms with E-state index in [-0.39, 0.29) is 22.4 Å². The summed E-state index contributed by atoms with van der Waals surface area (Å²) in [6.45, 7) is 0.293. The number of amides is 2. The fourth-order valence-corrected chi connectivity index (χ4v) is 6.53. The molecule has 212 valence electrons. The lowest BCUT2D eigenvalue weighted by molar-refractivity contribution is -0.143. The maximum Gasteiger partial charge on any atom is 0.326 e. The van der Waals surface area contributed by atoms with Gasteiger partial charge in [0.25, 0.3) is 0 Å².